The lowest BCUT2D eigenvalue weighted by molar-refractivity contribution is -0.0149. The molecule has 1 saturated heterocycles. The Bertz CT molecular complexity index is 227. The van der Waals surface area contributed by atoms with E-state index in [1.54, 1.807) is 21.3 Å². The Morgan fingerprint density at radius 3 is 2.22 bits per heavy atom. The van der Waals surface area contributed by atoms with Gasteiger partial charge in [0, 0.05) is 21.3 Å². The molecule has 0 aromatic carbocycles. The van der Waals surface area contributed by atoms with Gasteiger partial charge < -0.3 is 13.6 Å². The summed E-state index contributed by atoms with van der Waals surface area (Å²) >= 11 is 0. The van der Waals surface area contributed by atoms with Crippen LogP contribution in [0.5, 0.6) is 0 Å². The van der Waals surface area contributed by atoms with Crippen molar-refractivity contribution in [2.24, 2.45) is 0 Å². The van der Waals surface area contributed by atoms with Gasteiger partial charge in [-0.2, -0.15) is 0 Å². The molecule has 18 heavy (non-hydrogen) atoms. The second kappa shape index (κ2) is 8.69. The number of hydrogen-bond donors (Lipinski definition) is 0. The highest BCUT2D eigenvalue weighted by molar-refractivity contribution is 6.70. The van der Waals surface area contributed by atoms with Gasteiger partial charge in [-0.25, -0.2) is 0 Å². The molecular formula is C13H27O4Si. The van der Waals surface area contributed by atoms with Crippen LogP contribution < -0.4 is 0 Å². The van der Waals surface area contributed by atoms with E-state index in [1.807, 2.05) is 0 Å². The third-order valence-corrected chi connectivity index (χ3v) is 8.16. The zero-order chi connectivity index (χ0) is 14.1. The zero-order valence-corrected chi connectivity index (χ0v) is 13.2. The van der Waals surface area contributed by atoms with Gasteiger partial charge >= 0.3 is 8.56 Å². The molecule has 1 aliphatic heterocycles. The smallest absolute Gasteiger partial charge is 0.370 e. The maximum absolute atomic E-state index is 8.69. The van der Waals surface area contributed by atoms with Crippen molar-refractivity contribution in [3.8, 4) is 0 Å². The molecule has 0 aliphatic carbocycles. The summed E-state index contributed by atoms with van der Waals surface area (Å²) in [6.45, 7) is 5.00. The number of methoxy groups -OCH3 is 1. The topological polar surface area (TPSA) is 47.6 Å². The molecule has 0 aromatic heterocycles. The fourth-order valence-corrected chi connectivity index (χ4v) is 6.91. The van der Waals surface area contributed by atoms with Gasteiger partial charge in [-0.15, -0.1) is 0 Å². The van der Waals surface area contributed by atoms with Crippen LogP contribution in [0.15, 0.2) is 12.8 Å². The van der Waals surface area contributed by atoms with E-state index >= 15 is 0 Å². The fraction of sp³-hybridized carbons (Fsp3) is 0.846. The summed E-state index contributed by atoms with van der Waals surface area (Å²) in [6, 6.07) is 1.06. The van der Waals surface area contributed by atoms with Crippen LogP contribution in [0.1, 0.15) is 39.0 Å². The molecule has 0 saturated carbocycles. The molecule has 0 N–H and O–H groups in total. The molecule has 0 aromatic rings. The molecule has 0 spiro atoms. The molecule has 4 nitrogen and oxygen atoms in total. The molecule has 1 atom stereocenters. The van der Waals surface area contributed by atoms with Crippen LogP contribution in [0.2, 0.25) is 6.04 Å². The van der Waals surface area contributed by atoms with Gasteiger partial charge in [0.2, 0.25) is 0 Å². The minimum Gasteiger partial charge on any atom is -0.396 e. The second-order valence-corrected chi connectivity index (χ2v) is 8.22. The Morgan fingerprint density at radius 1 is 1.28 bits per heavy atom. The summed E-state index contributed by atoms with van der Waals surface area (Å²) < 4.78 is 17.4. The Morgan fingerprint density at radius 2 is 1.83 bits per heavy atom. The monoisotopic (exact) mass is 275 g/mol. The molecule has 5 heteroatoms. The Balaban J connectivity index is 0.000000873. The molecule has 1 fully saturated rings. The van der Waals surface area contributed by atoms with E-state index in [-0.39, 0.29) is 5.22 Å². The van der Waals surface area contributed by atoms with Crippen molar-refractivity contribution in [1.29, 1.82) is 0 Å². The van der Waals surface area contributed by atoms with Crippen molar-refractivity contribution in [1.82, 2.24) is 0 Å². The largest absolute Gasteiger partial charge is 0.396 e. The van der Waals surface area contributed by atoms with Gasteiger partial charge in [-0.1, -0.05) is 32.8 Å². The molecule has 0 amide bonds. The van der Waals surface area contributed by atoms with Crippen molar-refractivity contribution >= 4 is 8.56 Å². The molecule has 1 radical (unpaired) electrons. The summed E-state index contributed by atoms with van der Waals surface area (Å²) in [5.41, 5.74) is 0. The van der Waals surface area contributed by atoms with E-state index in [1.165, 1.54) is 12.8 Å². The van der Waals surface area contributed by atoms with Crippen LogP contribution in [0, 0.1) is 0 Å². The van der Waals surface area contributed by atoms with Crippen molar-refractivity contribution in [3.63, 3.8) is 0 Å². The van der Waals surface area contributed by atoms with Crippen LogP contribution in [0.25, 0.3) is 0 Å². The fourth-order valence-electron chi connectivity index (χ4n) is 2.92. The van der Waals surface area contributed by atoms with Crippen molar-refractivity contribution in [3.05, 3.63) is 12.8 Å². The quantitative estimate of drug-likeness (QED) is 0.572. The predicted molar refractivity (Wildman–Crippen MR) is 74.0 cm³/mol. The number of hydrogen-bond acceptors (Lipinski definition) is 3. The maximum Gasteiger partial charge on any atom is 0.370 e. The van der Waals surface area contributed by atoms with Gasteiger partial charge in [0.1, 0.15) is 11.5 Å². The van der Waals surface area contributed by atoms with E-state index in [9.17, 15) is 0 Å². The molecular weight excluding hydrogens is 248 g/mol. The van der Waals surface area contributed by atoms with Crippen molar-refractivity contribution < 1.29 is 18.7 Å². The van der Waals surface area contributed by atoms with Gasteiger partial charge in [0.15, 0.2) is 0 Å². The highest BCUT2D eigenvalue weighted by Crippen LogP contribution is 2.42. The van der Waals surface area contributed by atoms with Gasteiger partial charge in [0.25, 0.3) is 0 Å². The molecule has 0 bridgehead atoms. The number of ether oxygens (including phenoxy) is 1. The molecule has 1 heterocycles. The Kier molecular flexibility index (Phi) is 8.51. The zero-order valence-electron chi connectivity index (χ0n) is 12.2. The van der Waals surface area contributed by atoms with Crippen LogP contribution in [0.4, 0.5) is 0 Å². The minimum atomic E-state index is -2.15. The molecule has 1 unspecified atom stereocenters. The second-order valence-electron chi connectivity index (χ2n) is 4.48. The first-order valence-corrected chi connectivity index (χ1v) is 8.52. The van der Waals surface area contributed by atoms with E-state index in [4.69, 9.17) is 18.7 Å². The van der Waals surface area contributed by atoms with E-state index in [0.717, 1.165) is 25.3 Å². The summed E-state index contributed by atoms with van der Waals surface area (Å²) in [4.78, 5) is 0. The first kappa shape index (κ1) is 17.6. The normalized spacial score (nSPS) is 26.0. The summed E-state index contributed by atoms with van der Waals surface area (Å²) in [5, 5.41) is 8.57. The third-order valence-electron chi connectivity index (χ3n) is 3.73. The Labute approximate surface area is 112 Å². The lowest BCUT2D eigenvalue weighted by Crippen LogP contribution is -2.64. The summed E-state index contributed by atoms with van der Waals surface area (Å²) in [7, 11) is 3.22. The number of rotatable bonds is 5. The van der Waals surface area contributed by atoms with E-state index in [2.05, 4.69) is 13.5 Å². The Hall–Kier alpha value is -0.363. The standard InChI is InChI=1S/C11H24O3Si.C2H3O/c1-5-8-11(12-2)9-6-7-10-15(11,13-3)14-4;1-2-3/h5-10H2,1-4H3;2H,1H2. The van der Waals surface area contributed by atoms with E-state index < -0.39 is 8.56 Å². The molecule has 1 rings (SSSR count). The van der Waals surface area contributed by atoms with Crippen LogP contribution in [0.3, 0.4) is 0 Å². The maximum atomic E-state index is 8.69. The van der Waals surface area contributed by atoms with Crippen LogP contribution >= 0.6 is 0 Å². The van der Waals surface area contributed by atoms with Crippen LogP contribution in [-0.2, 0) is 18.7 Å². The average molecular weight is 275 g/mol. The van der Waals surface area contributed by atoms with Gasteiger partial charge in [0.05, 0.1) is 0 Å². The van der Waals surface area contributed by atoms with E-state index in [0.29, 0.717) is 6.26 Å². The van der Waals surface area contributed by atoms with Crippen molar-refractivity contribution in [2.75, 3.05) is 21.3 Å². The first-order valence-electron chi connectivity index (χ1n) is 6.50. The lowest BCUT2D eigenvalue weighted by atomic mass is 10.1. The van der Waals surface area contributed by atoms with Crippen LogP contribution in [-0.4, -0.2) is 35.1 Å². The summed E-state index contributed by atoms with van der Waals surface area (Å²) in [6.07, 6.45) is 6.20. The average Bonchev–Trinajstić information content (AvgIpc) is 2.40. The minimum absolute atomic E-state index is 0.122. The highest BCUT2D eigenvalue weighted by atomic mass is 28.4. The third kappa shape index (κ3) is 3.57. The first-order chi connectivity index (χ1) is 8.61. The SMILES string of the molecule is C=C[O].CCCC1(OC)CCCC[Si]1(OC)OC. The molecule has 107 valence electrons. The predicted octanol–water partition coefficient (Wildman–Crippen LogP) is 3.19. The lowest BCUT2D eigenvalue weighted by Gasteiger charge is -2.47. The molecule has 1 aliphatic rings. The van der Waals surface area contributed by atoms with Crippen molar-refractivity contribution in [2.45, 2.75) is 50.3 Å². The van der Waals surface area contributed by atoms with Gasteiger partial charge in [-0.3, -0.25) is 5.11 Å². The highest BCUT2D eigenvalue weighted by Gasteiger charge is 2.58. The van der Waals surface area contributed by atoms with Gasteiger partial charge in [-0.05, 0) is 18.9 Å². The summed E-state index contributed by atoms with van der Waals surface area (Å²) in [5.74, 6) is 0.